The number of rotatable bonds is 5. The fourth-order valence-electron chi connectivity index (χ4n) is 3.79. The number of amides is 1. The Kier molecular flexibility index (Phi) is 4.79. The maximum Gasteiger partial charge on any atom is 0.267 e. The third-order valence-electron chi connectivity index (χ3n) is 5.27. The van der Waals surface area contributed by atoms with E-state index in [4.69, 9.17) is 0 Å². The highest BCUT2D eigenvalue weighted by Gasteiger charge is 2.14. The van der Waals surface area contributed by atoms with Crippen LogP contribution < -0.4 is 10.9 Å². The molecular weight excluding hydrogens is 340 g/mol. The molecule has 0 unspecified atom stereocenters. The number of fused-ring (bicyclic) bond motifs is 2. The standard InChI is InChI=1S/C21H24N4O2/c1-15-5-4-8-19-17(15)9-11-24(19)12-10-22-20(26)14-25-21(27)13-16-6-2-3-7-18(16)23-25/h4-5,8-9,11,13H,2-3,6-7,10,12,14H2,1H3,(H,22,26). The molecule has 0 saturated heterocycles. The number of benzene rings is 1. The van der Waals surface area contributed by atoms with E-state index in [1.807, 2.05) is 12.3 Å². The third kappa shape index (κ3) is 3.65. The summed E-state index contributed by atoms with van der Waals surface area (Å²) >= 11 is 0. The Bertz CT molecular complexity index is 1050. The Morgan fingerprint density at radius 3 is 2.96 bits per heavy atom. The van der Waals surface area contributed by atoms with Gasteiger partial charge in [0.05, 0.1) is 5.69 Å². The smallest absolute Gasteiger partial charge is 0.267 e. The van der Waals surface area contributed by atoms with Gasteiger partial charge in [-0.1, -0.05) is 12.1 Å². The van der Waals surface area contributed by atoms with Crippen molar-refractivity contribution in [2.24, 2.45) is 0 Å². The van der Waals surface area contributed by atoms with E-state index in [-0.39, 0.29) is 18.0 Å². The Balaban J connectivity index is 1.37. The molecule has 1 amide bonds. The number of carbonyl (C=O) groups is 1. The third-order valence-corrected chi connectivity index (χ3v) is 5.27. The maximum absolute atomic E-state index is 12.3. The van der Waals surface area contributed by atoms with E-state index in [1.165, 1.54) is 15.6 Å². The Labute approximate surface area is 157 Å². The molecule has 27 heavy (non-hydrogen) atoms. The van der Waals surface area contributed by atoms with Gasteiger partial charge in [0.25, 0.3) is 5.56 Å². The Morgan fingerprint density at radius 1 is 1.22 bits per heavy atom. The molecule has 0 fully saturated rings. The lowest BCUT2D eigenvalue weighted by atomic mass is 9.97. The largest absolute Gasteiger partial charge is 0.353 e. The average molecular weight is 364 g/mol. The van der Waals surface area contributed by atoms with Gasteiger partial charge < -0.3 is 9.88 Å². The predicted molar refractivity (Wildman–Crippen MR) is 105 cm³/mol. The van der Waals surface area contributed by atoms with Crippen molar-refractivity contribution in [1.82, 2.24) is 19.7 Å². The van der Waals surface area contributed by atoms with Crippen molar-refractivity contribution >= 4 is 16.8 Å². The molecule has 1 aliphatic carbocycles. The van der Waals surface area contributed by atoms with E-state index in [0.29, 0.717) is 13.1 Å². The monoisotopic (exact) mass is 364 g/mol. The molecule has 4 rings (SSSR count). The molecule has 3 aromatic rings. The van der Waals surface area contributed by atoms with E-state index in [0.717, 1.165) is 42.5 Å². The minimum Gasteiger partial charge on any atom is -0.353 e. The first kappa shape index (κ1) is 17.5. The van der Waals surface area contributed by atoms with E-state index in [1.54, 1.807) is 6.07 Å². The van der Waals surface area contributed by atoms with Crippen molar-refractivity contribution < 1.29 is 4.79 Å². The van der Waals surface area contributed by atoms with Gasteiger partial charge in [0, 0.05) is 36.3 Å². The maximum atomic E-state index is 12.3. The molecule has 0 aliphatic heterocycles. The summed E-state index contributed by atoms with van der Waals surface area (Å²) < 4.78 is 3.42. The zero-order valence-corrected chi connectivity index (χ0v) is 15.6. The van der Waals surface area contributed by atoms with Crippen molar-refractivity contribution in [3.63, 3.8) is 0 Å². The van der Waals surface area contributed by atoms with Crippen molar-refractivity contribution in [2.75, 3.05) is 6.54 Å². The predicted octanol–water partition coefficient (Wildman–Crippen LogP) is 2.20. The molecule has 0 bridgehead atoms. The van der Waals surface area contributed by atoms with E-state index < -0.39 is 0 Å². The molecule has 1 aromatic carbocycles. The highest BCUT2D eigenvalue weighted by Crippen LogP contribution is 2.19. The zero-order chi connectivity index (χ0) is 18.8. The van der Waals surface area contributed by atoms with Crippen molar-refractivity contribution in [2.45, 2.75) is 45.7 Å². The van der Waals surface area contributed by atoms with Gasteiger partial charge in [0.1, 0.15) is 6.54 Å². The molecule has 140 valence electrons. The summed E-state index contributed by atoms with van der Waals surface area (Å²) in [5.74, 6) is -0.187. The van der Waals surface area contributed by atoms with Crippen LogP contribution in [0.25, 0.3) is 10.9 Å². The number of hydrogen-bond acceptors (Lipinski definition) is 3. The van der Waals surface area contributed by atoms with E-state index in [9.17, 15) is 9.59 Å². The fourth-order valence-corrected chi connectivity index (χ4v) is 3.79. The molecule has 1 N–H and O–H groups in total. The fraction of sp³-hybridized carbons (Fsp3) is 0.381. The summed E-state index contributed by atoms with van der Waals surface area (Å²) in [7, 11) is 0. The number of aryl methyl sites for hydroxylation is 3. The van der Waals surface area contributed by atoms with Gasteiger partial charge in [-0.2, -0.15) is 5.10 Å². The van der Waals surface area contributed by atoms with Gasteiger partial charge in [0.2, 0.25) is 5.91 Å². The van der Waals surface area contributed by atoms with Crippen LogP contribution in [0.4, 0.5) is 0 Å². The summed E-state index contributed by atoms with van der Waals surface area (Å²) in [5, 5.41) is 8.53. The van der Waals surface area contributed by atoms with Crippen molar-refractivity contribution in [1.29, 1.82) is 0 Å². The number of hydrogen-bond donors (Lipinski definition) is 1. The van der Waals surface area contributed by atoms with Gasteiger partial charge in [0.15, 0.2) is 0 Å². The first-order valence-corrected chi connectivity index (χ1v) is 9.53. The molecule has 6 heteroatoms. The lowest BCUT2D eigenvalue weighted by molar-refractivity contribution is -0.121. The van der Waals surface area contributed by atoms with Gasteiger partial charge in [-0.25, -0.2) is 4.68 Å². The molecule has 6 nitrogen and oxygen atoms in total. The molecule has 1 aliphatic rings. The minimum atomic E-state index is -0.197. The van der Waals surface area contributed by atoms with Crippen LogP contribution in [0.15, 0.2) is 41.3 Å². The Hall–Kier alpha value is -2.89. The summed E-state index contributed by atoms with van der Waals surface area (Å²) in [5.41, 5.74) is 4.21. The number of carbonyl (C=O) groups excluding carboxylic acids is 1. The highest BCUT2D eigenvalue weighted by atomic mass is 16.2. The molecule has 0 radical (unpaired) electrons. The number of nitrogens with zero attached hydrogens (tertiary/aromatic N) is 3. The van der Waals surface area contributed by atoms with E-state index in [2.05, 4.69) is 40.1 Å². The summed E-state index contributed by atoms with van der Waals surface area (Å²) in [6.07, 6.45) is 6.03. The average Bonchev–Trinajstić information content (AvgIpc) is 3.07. The zero-order valence-electron chi connectivity index (χ0n) is 15.6. The number of aromatic nitrogens is 3. The quantitative estimate of drug-likeness (QED) is 0.755. The van der Waals surface area contributed by atoms with Crippen LogP contribution in [0.2, 0.25) is 0 Å². The summed E-state index contributed by atoms with van der Waals surface area (Å²) in [6, 6.07) is 9.96. The van der Waals surface area contributed by atoms with Crippen molar-refractivity contribution in [3.05, 3.63) is 63.7 Å². The van der Waals surface area contributed by atoms with Gasteiger partial charge in [-0.3, -0.25) is 9.59 Å². The topological polar surface area (TPSA) is 68.9 Å². The van der Waals surface area contributed by atoms with Crippen LogP contribution in [-0.4, -0.2) is 26.8 Å². The molecule has 0 saturated carbocycles. The normalized spacial score (nSPS) is 13.5. The van der Waals surface area contributed by atoms with Gasteiger partial charge in [-0.15, -0.1) is 0 Å². The number of nitrogens with one attached hydrogen (secondary N) is 1. The van der Waals surface area contributed by atoms with Crippen LogP contribution >= 0.6 is 0 Å². The van der Waals surface area contributed by atoms with Crippen LogP contribution in [0, 0.1) is 6.92 Å². The summed E-state index contributed by atoms with van der Waals surface area (Å²) in [6.45, 7) is 3.26. The SMILES string of the molecule is Cc1cccc2c1ccn2CCNC(=O)Cn1nc2c(cc1=O)CCCC2. The second-order valence-electron chi connectivity index (χ2n) is 7.19. The lowest BCUT2D eigenvalue weighted by Crippen LogP contribution is -2.36. The molecule has 2 aromatic heterocycles. The van der Waals surface area contributed by atoms with Gasteiger partial charge in [-0.05, 0) is 55.9 Å². The van der Waals surface area contributed by atoms with Gasteiger partial charge >= 0.3 is 0 Å². The highest BCUT2D eigenvalue weighted by molar-refractivity contribution is 5.83. The molecule has 0 atom stereocenters. The second kappa shape index (κ2) is 7.39. The first-order valence-electron chi connectivity index (χ1n) is 9.53. The Morgan fingerprint density at radius 2 is 2.07 bits per heavy atom. The molecule has 2 heterocycles. The first-order chi connectivity index (χ1) is 13.1. The minimum absolute atomic E-state index is 0.0301. The van der Waals surface area contributed by atoms with Crippen LogP contribution in [0.5, 0.6) is 0 Å². The van der Waals surface area contributed by atoms with Crippen LogP contribution in [-0.2, 0) is 30.7 Å². The van der Waals surface area contributed by atoms with E-state index >= 15 is 0 Å². The second-order valence-corrected chi connectivity index (χ2v) is 7.19. The molecular formula is C21H24N4O2. The summed E-state index contributed by atoms with van der Waals surface area (Å²) in [4.78, 5) is 24.4. The molecule has 0 spiro atoms. The van der Waals surface area contributed by atoms with Crippen LogP contribution in [0.3, 0.4) is 0 Å². The van der Waals surface area contributed by atoms with Crippen molar-refractivity contribution in [3.8, 4) is 0 Å². The van der Waals surface area contributed by atoms with Crippen LogP contribution in [0.1, 0.15) is 29.7 Å². The lowest BCUT2D eigenvalue weighted by Gasteiger charge is -2.15.